The summed E-state index contributed by atoms with van der Waals surface area (Å²) in [4.78, 5) is 28.8. The first-order valence-corrected chi connectivity index (χ1v) is 10.0. The van der Waals surface area contributed by atoms with E-state index in [4.69, 9.17) is 4.74 Å². The number of amides is 2. The van der Waals surface area contributed by atoms with Crippen LogP contribution in [0.5, 0.6) is 0 Å². The van der Waals surface area contributed by atoms with Crippen LogP contribution in [0.4, 0.5) is 10.5 Å². The number of urea groups is 1. The number of benzene rings is 1. The number of hydrogen-bond donors (Lipinski definition) is 1. The summed E-state index contributed by atoms with van der Waals surface area (Å²) in [7, 11) is 1.34. The number of carbonyl (C=O) groups excluding carboxylic acids is 2. The van der Waals surface area contributed by atoms with E-state index in [0.717, 1.165) is 26.1 Å². The van der Waals surface area contributed by atoms with Crippen molar-refractivity contribution in [3.8, 4) is 0 Å². The van der Waals surface area contributed by atoms with Gasteiger partial charge in [-0.05, 0) is 29.0 Å². The number of nitrogens with zero attached hydrogens (tertiary/aromatic N) is 2. The van der Waals surface area contributed by atoms with Crippen LogP contribution in [0.1, 0.15) is 27.7 Å². The number of hydrogen-bond acceptors (Lipinski definition) is 5. The molecule has 0 bridgehead atoms. The molecule has 0 spiro atoms. The van der Waals surface area contributed by atoms with Gasteiger partial charge in [0.2, 0.25) is 0 Å². The summed E-state index contributed by atoms with van der Waals surface area (Å²) in [5, 5.41) is 4.60. The maximum absolute atomic E-state index is 12.5. The minimum Gasteiger partial charge on any atom is -0.465 e. The Hall–Kier alpha value is -2.38. The van der Waals surface area contributed by atoms with Crippen molar-refractivity contribution in [1.29, 1.82) is 0 Å². The standard InChI is InChI=1S/C20H25N3O3S/c1-3-15-4-6-16(7-5-15)14-22-9-11-23(12-10-22)20(25)21-17-8-13-27-18(17)19(24)26-2/h4-8,13H,3,9-12,14H2,1-2H3,(H,21,25). The van der Waals surface area contributed by atoms with Crippen LogP contribution in [0.25, 0.3) is 0 Å². The minimum absolute atomic E-state index is 0.175. The summed E-state index contributed by atoms with van der Waals surface area (Å²) in [6.45, 7) is 6.04. The normalized spacial score (nSPS) is 14.8. The van der Waals surface area contributed by atoms with E-state index in [-0.39, 0.29) is 6.03 Å². The lowest BCUT2D eigenvalue weighted by atomic mass is 10.1. The molecule has 3 rings (SSSR count). The van der Waals surface area contributed by atoms with Gasteiger partial charge in [0.25, 0.3) is 0 Å². The first-order valence-electron chi connectivity index (χ1n) is 9.12. The van der Waals surface area contributed by atoms with Crippen molar-refractivity contribution in [2.75, 3.05) is 38.6 Å². The number of aryl methyl sites for hydroxylation is 1. The van der Waals surface area contributed by atoms with E-state index in [9.17, 15) is 9.59 Å². The highest BCUT2D eigenvalue weighted by Crippen LogP contribution is 2.23. The molecule has 1 fully saturated rings. The van der Waals surface area contributed by atoms with Gasteiger partial charge in [-0.25, -0.2) is 9.59 Å². The van der Waals surface area contributed by atoms with Crippen molar-refractivity contribution in [1.82, 2.24) is 9.80 Å². The molecule has 0 unspecified atom stereocenters. The molecule has 2 heterocycles. The Bertz CT molecular complexity index is 780. The van der Waals surface area contributed by atoms with Gasteiger partial charge < -0.3 is 15.0 Å². The van der Waals surface area contributed by atoms with Gasteiger partial charge in [0, 0.05) is 32.7 Å². The van der Waals surface area contributed by atoms with Crippen LogP contribution in [0, 0.1) is 0 Å². The average molecular weight is 388 g/mol. The summed E-state index contributed by atoms with van der Waals surface area (Å²) >= 11 is 1.26. The number of ether oxygens (including phenoxy) is 1. The molecular formula is C20H25N3O3S. The Balaban J connectivity index is 1.50. The second-order valence-corrected chi connectivity index (χ2v) is 7.43. The molecule has 0 aliphatic carbocycles. The molecule has 1 aromatic heterocycles. The summed E-state index contributed by atoms with van der Waals surface area (Å²) in [5.41, 5.74) is 3.15. The summed E-state index contributed by atoms with van der Waals surface area (Å²) < 4.78 is 4.75. The topological polar surface area (TPSA) is 61.9 Å². The predicted molar refractivity (Wildman–Crippen MR) is 107 cm³/mol. The van der Waals surface area contributed by atoms with E-state index < -0.39 is 5.97 Å². The molecule has 144 valence electrons. The highest BCUT2D eigenvalue weighted by atomic mass is 32.1. The fourth-order valence-corrected chi connectivity index (χ4v) is 3.87. The predicted octanol–water partition coefficient (Wildman–Crippen LogP) is 3.45. The van der Waals surface area contributed by atoms with Gasteiger partial charge in [0.1, 0.15) is 4.88 Å². The van der Waals surface area contributed by atoms with Crippen LogP contribution in [0.15, 0.2) is 35.7 Å². The first kappa shape index (κ1) is 19.4. The van der Waals surface area contributed by atoms with Gasteiger partial charge >= 0.3 is 12.0 Å². The number of rotatable bonds is 5. The Kier molecular flexibility index (Phi) is 6.47. The summed E-state index contributed by atoms with van der Waals surface area (Å²) in [5.74, 6) is -0.431. The highest BCUT2D eigenvalue weighted by molar-refractivity contribution is 7.12. The van der Waals surface area contributed by atoms with Gasteiger partial charge in [-0.15, -0.1) is 11.3 Å². The van der Waals surface area contributed by atoms with Crippen LogP contribution in [0.3, 0.4) is 0 Å². The van der Waals surface area contributed by atoms with Crippen molar-refractivity contribution in [3.63, 3.8) is 0 Å². The van der Waals surface area contributed by atoms with Crippen LogP contribution in [-0.2, 0) is 17.7 Å². The van der Waals surface area contributed by atoms with Gasteiger partial charge in [-0.2, -0.15) is 0 Å². The first-order chi connectivity index (χ1) is 13.1. The molecule has 0 atom stereocenters. The van der Waals surface area contributed by atoms with Crippen LogP contribution < -0.4 is 5.32 Å². The zero-order valence-corrected chi connectivity index (χ0v) is 16.6. The largest absolute Gasteiger partial charge is 0.465 e. The zero-order valence-electron chi connectivity index (χ0n) is 15.7. The number of esters is 1. The van der Waals surface area contributed by atoms with Crippen LogP contribution in [-0.4, -0.2) is 55.1 Å². The number of piperazine rings is 1. The van der Waals surface area contributed by atoms with Crippen molar-refractivity contribution in [3.05, 3.63) is 51.7 Å². The van der Waals surface area contributed by atoms with Crippen molar-refractivity contribution in [2.45, 2.75) is 19.9 Å². The Morgan fingerprint density at radius 3 is 2.37 bits per heavy atom. The molecular weight excluding hydrogens is 362 g/mol. The molecule has 1 aliphatic rings. The molecule has 27 heavy (non-hydrogen) atoms. The lowest BCUT2D eigenvalue weighted by Crippen LogP contribution is -2.49. The van der Waals surface area contributed by atoms with E-state index >= 15 is 0 Å². The third-order valence-electron chi connectivity index (χ3n) is 4.77. The molecule has 1 N–H and O–H groups in total. The highest BCUT2D eigenvalue weighted by Gasteiger charge is 2.23. The van der Waals surface area contributed by atoms with Gasteiger partial charge in [-0.3, -0.25) is 4.90 Å². The Labute approximate surface area is 163 Å². The summed E-state index contributed by atoms with van der Waals surface area (Å²) in [6, 6.07) is 10.3. The van der Waals surface area contributed by atoms with Crippen molar-refractivity contribution < 1.29 is 14.3 Å². The summed E-state index contributed by atoms with van der Waals surface area (Å²) in [6.07, 6.45) is 1.05. The molecule has 2 amide bonds. The minimum atomic E-state index is -0.431. The number of methoxy groups -OCH3 is 1. The smallest absolute Gasteiger partial charge is 0.350 e. The maximum Gasteiger partial charge on any atom is 0.350 e. The fraction of sp³-hybridized carbons (Fsp3) is 0.400. The molecule has 0 saturated carbocycles. The van der Waals surface area contributed by atoms with Crippen molar-refractivity contribution >= 4 is 29.0 Å². The Morgan fingerprint density at radius 2 is 1.74 bits per heavy atom. The molecule has 1 aliphatic heterocycles. The van der Waals surface area contributed by atoms with E-state index in [1.807, 2.05) is 0 Å². The lowest BCUT2D eigenvalue weighted by Gasteiger charge is -2.34. The van der Waals surface area contributed by atoms with E-state index in [2.05, 4.69) is 41.4 Å². The molecule has 1 saturated heterocycles. The number of thiophene rings is 1. The number of anilines is 1. The van der Waals surface area contributed by atoms with E-state index in [1.165, 1.54) is 29.6 Å². The molecule has 1 aromatic carbocycles. The quantitative estimate of drug-likeness (QED) is 0.799. The number of nitrogens with one attached hydrogen (secondary N) is 1. The fourth-order valence-electron chi connectivity index (χ4n) is 3.10. The van der Waals surface area contributed by atoms with Crippen LogP contribution in [0.2, 0.25) is 0 Å². The Morgan fingerprint density at radius 1 is 1.07 bits per heavy atom. The van der Waals surface area contributed by atoms with Gasteiger partial charge in [-0.1, -0.05) is 31.2 Å². The van der Waals surface area contributed by atoms with E-state index in [0.29, 0.717) is 23.7 Å². The van der Waals surface area contributed by atoms with Crippen molar-refractivity contribution in [2.24, 2.45) is 0 Å². The zero-order chi connectivity index (χ0) is 19.2. The third-order valence-corrected chi connectivity index (χ3v) is 5.67. The van der Waals surface area contributed by atoms with Gasteiger partial charge in [0.15, 0.2) is 0 Å². The molecule has 2 aromatic rings. The SMILES string of the molecule is CCc1ccc(CN2CCN(C(=O)Nc3ccsc3C(=O)OC)CC2)cc1. The third kappa shape index (κ3) is 4.87. The molecule has 6 nitrogen and oxygen atoms in total. The van der Waals surface area contributed by atoms with E-state index in [1.54, 1.807) is 16.3 Å². The second kappa shape index (κ2) is 9.01. The molecule has 0 radical (unpaired) electrons. The average Bonchev–Trinajstić information content (AvgIpc) is 3.16. The maximum atomic E-state index is 12.5. The van der Waals surface area contributed by atoms with Gasteiger partial charge in [0.05, 0.1) is 12.8 Å². The molecule has 7 heteroatoms. The monoisotopic (exact) mass is 387 g/mol. The number of carbonyl (C=O) groups is 2. The lowest BCUT2D eigenvalue weighted by molar-refractivity contribution is 0.0607. The van der Waals surface area contributed by atoms with Crippen LogP contribution >= 0.6 is 11.3 Å². The second-order valence-electron chi connectivity index (χ2n) is 6.52.